The number of hydrogen-bond acceptors (Lipinski definition) is 5. The maximum atomic E-state index is 12.0. The van der Waals surface area contributed by atoms with E-state index in [-0.39, 0.29) is 18.8 Å². The predicted molar refractivity (Wildman–Crippen MR) is 108 cm³/mol. The van der Waals surface area contributed by atoms with E-state index in [9.17, 15) is 9.59 Å². The molecule has 0 radical (unpaired) electrons. The Balaban J connectivity index is 3.20. The number of carbonyl (C=O) groups excluding carboxylic acids is 2. The van der Waals surface area contributed by atoms with E-state index in [4.69, 9.17) is 9.47 Å². The van der Waals surface area contributed by atoms with Crippen LogP contribution in [-0.2, 0) is 23.5 Å². The van der Waals surface area contributed by atoms with Crippen LogP contribution in [0.1, 0.15) is 30.5 Å². The van der Waals surface area contributed by atoms with Gasteiger partial charge in [0.05, 0.1) is 13.2 Å². The van der Waals surface area contributed by atoms with E-state index in [1.165, 1.54) is 17.3 Å². The summed E-state index contributed by atoms with van der Waals surface area (Å²) < 4.78 is 10.7. The lowest BCUT2D eigenvalue weighted by Crippen LogP contribution is -2.20. The minimum Gasteiger partial charge on any atom is -0.462 e. The summed E-state index contributed by atoms with van der Waals surface area (Å²) in [5.41, 5.74) is 4.25. The maximum absolute atomic E-state index is 12.0. The standard InChI is InChI=1S/C17H23INO4P/c1-5-22-16(20)13(17(21)23-6-2)9-19-14-7-12(8-18)10(3)11(4)15(14)24/h7,9,19H,5-6,8,24H2,1-4H3. The topological polar surface area (TPSA) is 64.6 Å². The Hall–Kier alpha value is -1.14. The first kappa shape index (κ1) is 20.9. The summed E-state index contributed by atoms with van der Waals surface area (Å²) in [6.07, 6.45) is 1.35. The quantitative estimate of drug-likeness (QED) is 0.128. The molecule has 1 aromatic rings. The molecule has 0 aliphatic carbocycles. The normalized spacial score (nSPS) is 10.1. The highest BCUT2D eigenvalue weighted by atomic mass is 127. The molecular weight excluding hydrogens is 440 g/mol. The predicted octanol–water partition coefficient (Wildman–Crippen LogP) is 3.16. The van der Waals surface area contributed by atoms with Crippen LogP contribution < -0.4 is 10.6 Å². The largest absolute Gasteiger partial charge is 0.462 e. The maximum Gasteiger partial charge on any atom is 0.347 e. The van der Waals surface area contributed by atoms with E-state index in [0.29, 0.717) is 0 Å². The van der Waals surface area contributed by atoms with Gasteiger partial charge in [0.25, 0.3) is 0 Å². The molecule has 0 heterocycles. The van der Waals surface area contributed by atoms with Crippen molar-refractivity contribution in [2.75, 3.05) is 18.5 Å². The van der Waals surface area contributed by atoms with Crippen LogP contribution in [0.3, 0.4) is 0 Å². The highest BCUT2D eigenvalue weighted by Crippen LogP contribution is 2.22. The van der Waals surface area contributed by atoms with Crippen LogP contribution in [0, 0.1) is 13.8 Å². The molecule has 1 N–H and O–H groups in total. The molecule has 7 heteroatoms. The van der Waals surface area contributed by atoms with Crippen molar-refractivity contribution in [1.82, 2.24) is 0 Å². The molecule has 0 saturated carbocycles. The number of rotatable bonds is 7. The molecule has 1 rings (SSSR count). The average Bonchev–Trinajstić information content (AvgIpc) is 2.55. The third-order valence-corrected chi connectivity index (χ3v) is 5.13. The van der Waals surface area contributed by atoms with E-state index < -0.39 is 11.9 Å². The zero-order valence-electron chi connectivity index (χ0n) is 14.4. The first-order valence-corrected chi connectivity index (χ1v) is 9.73. The number of halogens is 1. The molecular formula is C17H23INO4P. The minimum atomic E-state index is -0.702. The summed E-state index contributed by atoms with van der Waals surface area (Å²) in [6.45, 7) is 7.87. The van der Waals surface area contributed by atoms with Gasteiger partial charge in [0.2, 0.25) is 0 Å². The van der Waals surface area contributed by atoms with Crippen LogP contribution in [-0.4, -0.2) is 25.2 Å². The van der Waals surface area contributed by atoms with Gasteiger partial charge >= 0.3 is 11.9 Å². The zero-order chi connectivity index (χ0) is 18.3. The van der Waals surface area contributed by atoms with Crippen molar-refractivity contribution in [3.63, 3.8) is 0 Å². The van der Waals surface area contributed by atoms with Gasteiger partial charge in [0, 0.05) is 16.3 Å². The fourth-order valence-corrected chi connectivity index (χ4v) is 3.21. The Labute approximate surface area is 158 Å². The first-order valence-electron chi connectivity index (χ1n) is 7.62. The molecule has 132 valence electrons. The number of benzene rings is 1. The molecule has 0 amide bonds. The SMILES string of the molecule is CCOC(=O)C(=CNc1cc(CI)c(C)c(C)c1P)C(=O)OCC. The number of esters is 2. The van der Waals surface area contributed by atoms with Crippen LogP contribution in [0.5, 0.6) is 0 Å². The smallest absolute Gasteiger partial charge is 0.347 e. The molecule has 0 saturated heterocycles. The van der Waals surface area contributed by atoms with Crippen LogP contribution in [0.4, 0.5) is 5.69 Å². The van der Waals surface area contributed by atoms with Crippen LogP contribution in [0.2, 0.25) is 0 Å². The second-order valence-corrected chi connectivity index (χ2v) is 6.36. The van der Waals surface area contributed by atoms with E-state index in [2.05, 4.69) is 44.1 Å². The van der Waals surface area contributed by atoms with Crippen molar-refractivity contribution in [3.8, 4) is 0 Å². The molecule has 5 nitrogen and oxygen atoms in total. The van der Waals surface area contributed by atoms with Gasteiger partial charge in [0.15, 0.2) is 5.57 Å². The molecule has 1 aromatic carbocycles. The highest BCUT2D eigenvalue weighted by molar-refractivity contribution is 14.1. The Morgan fingerprint density at radius 3 is 2.17 bits per heavy atom. The zero-order valence-corrected chi connectivity index (χ0v) is 17.7. The molecule has 1 atom stereocenters. The van der Waals surface area contributed by atoms with Crippen LogP contribution in [0.15, 0.2) is 17.8 Å². The minimum absolute atomic E-state index is 0.155. The second-order valence-electron chi connectivity index (χ2n) is 5.02. The van der Waals surface area contributed by atoms with Crippen molar-refractivity contribution in [2.45, 2.75) is 32.1 Å². The van der Waals surface area contributed by atoms with Crippen LogP contribution >= 0.6 is 31.8 Å². The monoisotopic (exact) mass is 463 g/mol. The van der Waals surface area contributed by atoms with Gasteiger partial charge in [-0.1, -0.05) is 22.6 Å². The molecule has 0 aliphatic heterocycles. The number of anilines is 1. The molecule has 0 bridgehead atoms. The van der Waals surface area contributed by atoms with Gasteiger partial charge in [-0.2, -0.15) is 0 Å². The van der Waals surface area contributed by atoms with Gasteiger partial charge < -0.3 is 14.8 Å². The number of carbonyl (C=O) groups is 2. The van der Waals surface area contributed by atoms with Crippen LogP contribution in [0.25, 0.3) is 0 Å². The lowest BCUT2D eigenvalue weighted by molar-refractivity contribution is -0.146. The molecule has 0 fully saturated rings. The van der Waals surface area contributed by atoms with Crippen molar-refractivity contribution in [2.24, 2.45) is 0 Å². The van der Waals surface area contributed by atoms with Crippen molar-refractivity contribution in [1.29, 1.82) is 0 Å². The Morgan fingerprint density at radius 2 is 1.71 bits per heavy atom. The van der Waals surface area contributed by atoms with Crippen molar-refractivity contribution in [3.05, 3.63) is 34.5 Å². The lowest BCUT2D eigenvalue weighted by atomic mass is 10.0. The van der Waals surface area contributed by atoms with E-state index in [0.717, 1.165) is 21.0 Å². The Morgan fingerprint density at radius 1 is 1.17 bits per heavy atom. The molecule has 0 spiro atoms. The number of hydrogen-bond donors (Lipinski definition) is 1. The third kappa shape index (κ3) is 5.18. The highest BCUT2D eigenvalue weighted by Gasteiger charge is 2.21. The van der Waals surface area contributed by atoms with Gasteiger partial charge in [-0.3, -0.25) is 0 Å². The summed E-state index contributed by atoms with van der Waals surface area (Å²) in [7, 11) is 2.69. The van der Waals surface area contributed by atoms with Crippen molar-refractivity contribution >= 4 is 54.8 Å². The Bertz CT molecular complexity index is 638. The van der Waals surface area contributed by atoms with Gasteiger partial charge in [-0.05, 0) is 55.8 Å². The molecule has 0 aliphatic rings. The summed E-state index contributed by atoms with van der Waals surface area (Å²) in [5.74, 6) is -1.40. The number of ether oxygens (including phenoxy) is 2. The second kappa shape index (κ2) is 9.99. The van der Waals surface area contributed by atoms with E-state index in [1.54, 1.807) is 13.8 Å². The summed E-state index contributed by atoms with van der Waals surface area (Å²) in [4.78, 5) is 23.9. The lowest BCUT2D eigenvalue weighted by Gasteiger charge is -2.15. The van der Waals surface area contributed by atoms with Gasteiger partial charge in [-0.15, -0.1) is 9.24 Å². The first-order chi connectivity index (χ1) is 11.4. The fraction of sp³-hybridized carbons (Fsp3) is 0.412. The van der Waals surface area contributed by atoms with Gasteiger partial charge in [0.1, 0.15) is 0 Å². The number of alkyl halides is 1. The van der Waals surface area contributed by atoms with Gasteiger partial charge in [-0.25, -0.2) is 9.59 Å². The van der Waals surface area contributed by atoms with E-state index in [1.807, 2.05) is 13.0 Å². The number of nitrogens with one attached hydrogen (secondary N) is 1. The fourth-order valence-electron chi connectivity index (χ4n) is 2.03. The van der Waals surface area contributed by atoms with Crippen molar-refractivity contribution < 1.29 is 19.1 Å². The average molecular weight is 463 g/mol. The third-order valence-electron chi connectivity index (χ3n) is 3.56. The molecule has 0 aromatic heterocycles. The molecule has 1 unspecified atom stereocenters. The summed E-state index contributed by atoms with van der Waals surface area (Å²) >= 11 is 2.31. The molecule has 24 heavy (non-hydrogen) atoms. The summed E-state index contributed by atoms with van der Waals surface area (Å²) in [6, 6.07) is 2.02. The van der Waals surface area contributed by atoms with E-state index >= 15 is 0 Å². The summed E-state index contributed by atoms with van der Waals surface area (Å²) in [5, 5.41) is 4.04. The Kier molecular flexibility index (Phi) is 8.70.